The van der Waals surface area contributed by atoms with E-state index in [1.54, 1.807) is 28.6 Å². The van der Waals surface area contributed by atoms with E-state index in [9.17, 15) is 0 Å². The third kappa shape index (κ3) is 2.80. The summed E-state index contributed by atoms with van der Waals surface area (Å²) in [7, 11) is 1.64. The number of nitrogens with zero attached hydrogens (tertiary/aromatic N) is 4. The van der Waals surface area contributed by atoms with E-state index in [4.69, 9.17) is 4.84 Å². The van der Waals surface area contributed by atoms with Crippen molar-refractivity contribution in [1.82, 2.24) is 19.8 Å². The Labute approximate surface area is 115 Å². The number of hydrogen-bond donors (Lipinski definition) is 0. The molecule has 98 valence electrons. The first-order valence-electron chi connectivity index (χ1n) is 5.96. The fraction of sp³-hybridized carbons (Fsp3) is 0.231. The van der Waals surface area contributed by atoms with Crippen molar-refractivity contribution in [3.05, 3.63) is 47.9 Å². The minimum atomic E-state index is 0.617. The minimum absolute atomic E-state index is 0.617. The molecule has 3 rings (SSSR count). The van der Waals surface area contributed by atoms with E-state index >= 15 is 0 Å². The normalized spacial score (nSPS) is 13.6. The Morgan fingerprint density at radius 1 is 1.26 bits per heavy atom. The molecule has 6 heteroatoms. The van der Waals surface area contributed by atoms with Gasteiger partial charge in [0.2, 0.25) is 5.16 Å². The molecule has 0 N–H and O–H groups in total. The maximum Gasteiger partial charge on any atom is 0.209 e. The average molecular weight is 274 g/mol. The van der Waals surface area contributed by atoms with Gasteiger partial charge >= 0.3 is 0 Å². The Balaban J connectivity index is 1.68. The summed E-state index contributed by atoms with van der Waals surface area (Å²) < 4.78 is 1.79. The molecule has 0 saturated carbocycles. The van der Waals surface area contributed by atoms with Gasteiger partial charge in [-0.25, -0.2) is 9.67 Å². The highest BCUT2D eigenvalue weighted by atomic mass is 32.2. The third-order valence-electron chi connectivity index (χ3n) is 2.80. The lowest BCUT2D eigenvalue weighted by Gasteiger charge is -2.19. The molecule has 0 spiro atoms. The first-order chi connectivity index (χ1) is 9.35. The van der Waals surface area contributed by atoms with Gasteiger partial charge in [-0.3, -0.25) is 9.90 Å². The summed E-state index contributed by atoms with van der Waals surface area (Å²) in [6, 6.07) is 10.3. The van der Waals surface area contributed by atoms with Crippen molar-refractivity contribution in [2.24, 2.45) is 0 Å². The number of hydrogen-bond acceptors (Lipinski definition) is 5. The molecule has 0 unspecified atom stereocenters. The second-order valence-electron chi connectivity index (χ2n) is 4.09. The first-order valence-corrected chi connectivity index (χ1v) is 6.95. The molecule has 2 aromatic rings. The molecule has 1 aromatic heterocycles. The van der Waals surface area contributed by atoms with Crippen LogP contribution in [0, 0.1) is 0 Å². The van der Waals surface area contributed by atoms with Crippen molar-refractivity contribution in [2.75, 3.05) is 7.11 Å². The summed E-state index contributed by atoms with van der Waals surface area (Å²) in [5, 5.41) is 6.94. The van der Waals surface area contributed by atoms with Gasteiger partial charge < -0.3 is 0 Å². The van der Waals surface area contributed by atoms with E-state index in [1.807, 2.05) is 30.6 Å². The van der Waals surface area contributed by atoms with Crippen molar-refractivity contribution < 1.29 is 4.84 Å². The second kappa shape index (κ2) is 5.46. The Morgan fingerprint density at radius 2 is 2.11 bits per heavy atom. The minimum Gasteiger partial charge on any atom is -0.277 e. The van der Waals surface area contributed by atoms with Gasteiger partial charge in [-0.2, -0.15) is 0 Å². The van der Waals surface area contributed by atoms with Crippen molar-refractivity contribution in [3.8, 4) is 0 Å². The van der Waals surface area contributed by atoms with E-state index in [1.165, 1.54) is 5.56 Å². The highest BCUT2D eigenvalue weighted by molar-refractivity contribution is 7.98. The fourth-order valence-electron chi connectivity index (χ4n) is 1.80. The molecule has 1 aliphatic heterocycles. The number of fused-ring (bicyclic) bond motifs is 1. The monoisotopic (exact) mass is 274 g/mol. The molecule has 2 heterocycles. The van der Waals surface area contributed by atoms with Crippen molar-refractivity contribution in [3.63, 3.8) is 0 Å². The smallest absolute Gasteiger partial charge is 0.209 e. The van der Waals surface area contributed by atoms with E-state index in [0.717, 1.165) is 16.7 Å². The molecular formula is C13H14N4OS. The zero-order valence-electron chi connectivity index (χ0n) is 10.6. The molecule has 0 saturated heterocycles. The summed E-state index contributed by atoms with van der Waals surface area (Å²) in [6.07, 6.45) is 3.69. The van der Waals surface area contributed by atoms with E-state index < -0.39 is 0 Å². The third-order valence-corrected chi connectivity index (χ3v) is 3.71. The standard InChI is InChI=1S/C13H14N4OS/c1-18-16-7-8-17-12(9-16)14-13(15-17)19-10-11-5-3-2-4-6-11/h2-8H,9-10H2,1H3. The van der Waals surface area contributed by atoms with Gasteiger partial charge in [0.1, 0.15) is 6.54 Å². The zero-order valence-corrected chi connectivity index (χ0v) is 11.4. The number of thioether (sulfide) groups is 1. The van der Waals surface area contributed by atoms with Crippen molar-refractivity contribution >= 4 is 18.0 Å². The number of aromatic nitrogens is 3. The van der Waals surface area contributed by atoms with Crippen LogP contribution in [0.4, 0.5) is 0 Å². The fourth-order valence-corrected chi connectivity index (χ4v) is 2.60. The van der Waals surface area contributed by atoms with Crippen LogP contribution in [0.1, 0.15) is 11.4 Å². The molecular weight excluding hydrogens is 260 g/mol. The predicted molar refractivity (Wildman–Crippen MR) is 73.9 cm³/mol. The first kappa shape index (κ1) is 12.3. The van der Waals surface area contributed by atoms with Gasteiger partial charge in [-0.15, -0.1) is 5.10 Å². The quantitative estimate of drug-likeness (QED) is 0.801. The molecule has 5 nitrogen and oxygen atoms in total. The van der Waals surface area contributed by atoms with Gasteiger partial charge in [0, 0.05) is 18.2 Å². The second-order valence-corrected chi connectivity index (χ2v) is 5.03. The van der Waals surface area contributed by atoms with Gasteiger partial charge in [0.15, 0.2) is 5.82 Å². The van der Waals surface area contributed by atoms with Gasteiger partial charge in [0.05, 0.1) is 7.11 Å². The van der Waals surface area contributed by atoms with Crippen molar-refractivity contribution in [2.45, 2.75) is 17.5 Å². The summed E-state index contributed by atoms with van der Waals surface area (Å²) in [4.78, 5) is 9.65. The molecule has 0 bridgehead atoms. The SMILES string of the molecule is CON1C=Cn2nc(SCc3ccccc3)nc2C1. The lowest BCUT2D eigenvalue weighted by atomic mass is 10.2. The maximum atomic E-state index is 5.15. The topological polar surface area (TPSA) is 43.2 Å². The number of benzene rings is 1. The van der Waals surface area contributed by atoms with Gasteiger partial charge in [0.25, 0.3) is 0 Å². The Morgan fingerprint density at radius 3 is 2.89 bits per heavy atom. The molecule has 0 radical (unpaired) electrons. The van der Waals surface area contributed by atoms with Crippen LogP contribution in [-0.2, 0) is 17.1 Å². The van der Waals surface area contributed by atoms with Gasteiger partial charge in [-0.1, -0.05) is 42.1 Å². The van der Waals surface area contributed by atoms with Crippen LogP contribution in [-0.4, -0.2) is 26.9 Å². The van der Waals surface area contributed by atoms with Crippen LogP contribution in [0.25, 0.3) is 6.20 Å². The lowest BCUT2D eigenvalue weighted by molar-refractivity contribution is -0.0984. The Bertz CT molecular complexity index is 582. The van der Waals surface area contributed by atoms with Crippen LogP contribution in [0.3, 0.4) is 0 Å². The molecule has 0 amide bonds. The van der Waals surface area contributed by atoms with Crippen LogP contribution >= 0.6 is 11.8 Å². The van der Waals surface area contributed by atoms with Gasteiger partial charge in [-0.05, 0) is 5.56 Å². The molecule has 19 heavy (non-hydrogen) atoms. The van der Waals surface area contributed by atoms with Crippen LogP contribution < -0.4 is 0 Å². The van der Waals surface area contributed by atoms with Crippen LogP contribution in [0.5, 0.6) is 0 Å². The summed E-state index contributed by atoms with van der Waals surface area (Å²) in [5.41, 5.74) is 1.27. The summed E-state index contributed by atoms with van der Waals surface area (Å²) in [6.45, 7) is 0.617. The van der Waals surface area contributed by atoms with E-state index in [2.05, 4.69) is 22.2 Å². The van der Waals surface area contributed by atoms with Crippen LogP contribution in [0.2, 0.25) is 0 Å². The zero-order chi connectivity index (χ0) is 13.1. The van der Waals surface area contributed by atoms with Crippen molar-refractivity contribution in [1.29, 1.82) is 0 Å². The van der Waals surface area contributed by atoms with Crippen LogP contribution in [0.15, 0.2) is 41.7 Å². The molecule has 1 aliphatic rings. The highest BCUT2D eigenvalue weighted by Gasteiger charge is 2.15. The molecule has 1 aromatic carbocycles. The number of hydroxylamine groups is 2. The molecule has 0 aliphatic carbocycles. The summed E-state index contributed by atoms with van der Waals surface area (Å²) in [5.74, 6) is 1.77. The average Bonchev–Trinajstić information content (AvgIpc) is 2.88. The van der Waals surface area contributed by atoms with E-state index in [0.29, 0.717) is 6.54 Å². The molecule has 0 fully saturated rings. The maximum absolute atomic E-state index is 5.15. The lowest BCUT2D eigenvalue weighted by Crippen LogP contribution is -2.21. The Hall–Kier alpha value is -1.79. The molecule has 0 atom stereocenters. The highest BCUT2D eigenvalue weighted by Crippen LogP contribution is 2.21. The largest absolute Gasteiger partial charge is 0.277 e. The Kier molecular flexibility index (Phi) is 3.52. The summed E-state index contributed by atoms with van der Waals surface area (Å²) >= 11 is 1.64. The number of rotatable bonds is 4. The predicted octanol–water partition coefficient (Wildman–Crippen LogP) is 2.38. The van der Waals surface area contributed by atoms with E-state index in [-0.39, 0.29) is 0 Å².